The van der Waals surface area contributed by atoms with Crippen molar-refractivity contribution in [3.05, 3.63) is 62.6 Å². The largest absolute Gasteiger partial charge is 0.491 e. The van der Waals surface area contributed by atoms with Crippen molar-refractivity contribution in [2.24, 2.45) is 0 Å². The van der Waals surface area contributed by atoms with Gasteiger partial charge in [-0.05, 0) is 43.3 Å². The highest BCUT2D eigenvalue weighted by molar-refractivity contribution is 7.73. The maximum Gasteiger partial charge on any atom is 0.273 e. The number of aromatic nitrogens is 3. The van der Waals surface area contributed by atoms with Crippen molar-refractivity contribution in [3.8, 4) is 5.75 Å². The molecule has 0 N–H and O–H groups in total. The molecule has 0 atom stereocenters. The molecule has 1 aromatic carbocycles. The van der Waals surface area contributed by atoms with E-state index in [2.05, 4.69) is 11.6 Å². The summed E-state index contributed by atoms with van der Waals surface area (Å²) in [7, 11) is 0. The van der Waals surface area contributed by atoms with Crippen LogP contribution in [0.4, 0.5) is 0 Å². The second-order valence-electron chi connectivity index (χ2n) is 5.78. The highest BCUT2D eigenvalue weighted by atomic mass is 32.1. The average molecular weight is 374 g/mol. The zero-order valence-corrected chi connectivity index (χ0v) is 15.8. The number of hydrogen-bond acceptors (Lipinski definition) is 5. The summed E-state index contributed by atoms with van der Waals surface area (Å²) in [4.78, 5) is 17.1. The van der Waals surface area contributed by atoms with Crippen LogP contribution in [0.25, 0.3) is 10.3 Å². The number of rotatable bonds is 6. The minimum Gasteiger partial charge on any atom is -0.491 e. The standard InChI is InChI=1S/C18H19N3O2S2/c1-4-7-21-16-15(25-18(21)24)17(22)20(11-19-16)8-9-23-14-10-12(2)5-6-13(14)3/h4-6,10-11H,1,7-9H2,2-3H3. The summed E-state index contributed by atoms with van der Waals surface area (Å²) < 4.78 is 10.4. The van der Waals surface area contributed by atoms with Crippen molar-refractivity contribution < 1.29 is 4.74 Å². The first-order valence-corrected chi connectivity index (χ1v) is 9.13. The minimum atomic E-state index is -0.0894. The van der Waals surface area contributed by atoms with E-state index in [1.165, 1.54) is 11.3 Å². The Morgan fingerprint density at radius 3 is 2.96 bits per heavy atom. The van der Waals surface area contributed by atoms with E-state index in [9.17, 15) is 4.79 Å². The van der Waals surface area contributed by atoms with Gasteiger partial charge in [0.2, 0.25) is 0 Å². The summed E-state index contributed by atoms with van der Waals surface area (Å²) in [6, 6.07) is 6.08. The lowest BCUT2D eigenvalue weighted by molar-refractivity contribution is 0.294. The molecule has 0 fully saturated rings. The van der Waals surface area contributed by atoms with Crippen LogP contribution in [-0.2, 0) is 13.1 Å². The van der Waals surface area contributed by atoms with Crippen molar-refractivity contribution in [1.82, 2.24) is 14.1 Å². The summed E-state index contributed by atoms with van der Waals surface area (Å²) in [5, 5.41) is 0. The van der Waals surface area contributed by atoms with Gasteiger partial charge < -0.3 is 9.30 Å². The Kier molecular flexibility index (Phi) is 5.15. The van der Waals surface area contributed by atoms with E-state index < -0.39 is 0 Å². The lowest BCUT2D eigenvalue weighted by Gasteiger charge is -2.11. The number of thiazole rings is 1. The Balaban J connectivity index is 1.81. The van der Waals surface area contributed by atoms with Gasteiger partial charge in [0.05, 0.1) is 6.54 Å². The van der Waals surface area contributed by atoms with Gasteiger partial charge in [-0.2, -0.15) is 0 Å². The molecule has 0 aliphatic carbocycles. The van der Waals surface area contributed by atoms with E-state index in [1.807, 2.05) is 36.6 Å². The van der Waals surface area contributed by atoms with Gasteiger partial charge in [-0.25, -0.2) is 4.98 Å². The van der Waals surface area contributed by atoms with Crippen LogP contribution < -0.4 is 10.3 Å². The van der Waals surface area contributed by atoms with Crippen LogP contribution in [0.5, 0.6) is 5.75 Å². The number of benzene rings is 1. The minimum absolute atomic E-state index is 0.0894. The summed E-state index contributed by atoms with van der Waals surface area (Å²) in [5.74, 6) is 0.842. The van der Waals surface area contributed by atoms with Gasteiger partial charge in [0, 0.05) is 6.54 Å². The van der Waals surface area contributed by atoms with Crippen LogP contribution in [0.15, 0.2) is 42.0 Å². The van der Waals surface area contributed by atoms with Crippen LogP contribution >= 0.6 is 23.6 Å². The van der Waals surface area contributed by atoms with Crippen molar-refractivity contribution in [2.75, 3.05) is 6.61 Å². The molecule has 0 radical (unpaired) electrons. The number of allylic oxidation sites excluding steroid dienone is 1. The van der Waals surface area contributed by atoms with Gasteiger partial charge in [0.25, 0.3) is 5.56 Å². The van der Waals surface area contributed by atoms with Gasteiger partial charge in [-0.15, -0.1) is 6.58 Å². The summed E-state index contributed by atoms with van der Waals surface area (Å²) in [6.45, 7) is 9.12. The summed E-state index contributed by atoms with van der Waals surface area (Å²) in [5.41, 5.74) is 2.75. The number of aryl methyl sites for hydroxylation is 2. The van der Waals surface area contributed by atoms with E-state index >= 15 is 0 Å². The second kappa shape index (κ2) is 7.33. The molecule has 0 aliphatic heterocycles. The third-order valence-electron chi connectivity index (χ3n) is 3.89. The molecule has 3 aromatic rings. The zero-order valence-electron chi connectivity index (χ0n) is 14.2. The Bertz CT molecular complexity index is 1050. The third kappa shape index (κ3) is 3.57. The lowest BCUT2D eigenvalue weighted by Crippen LogP contribution is -2.23. The maximum absolute atomic E-state index is 12.7. The molecule has 2 heterocycles. The topological polar surface area (TPSA) is 49.0 Å². The fourth-order valence-electron chi connectivity index (χ4n) is 2.54. The maximum atomic E-state index is 12.7. The van der Waals surface area contributed by atoms with Crippen LogP contribution in [-0.4, -0.2) is 20.7 Å². The first-order chi connectivity index (χ1) is 12.0. The average Bonchev–Trinajstić information content (AvgIpc) is 2.90. The molecule has 0 amide bonds. The number of ether oxygens (including phenoxy) is 1. The van der Waals surface area contributed by atoms with Crippen LogP contribution in [0.1, 0.15) is 11.1 Å². The molecule has 130 valence electrons. The van der Waals surface area contributed by atoms with Gasteiger partial charge >= 0.3 is 0 Å². The highest BCUT2D eigenvalue weighted by Crippen LogP contribution is 2.19. The Hall–Kier alpha value is -2.25. The summed E-state index contributed by atoms with van der Waals surface area (Å²) >= 11 is 6.61. The van der Waals surface area contributed by atoms with Gasteiger partial charge in [0.1, 0.15) is 23.4 Å². The lowest BCUT2D eigenvalue weighted by atomic mass is 10.1. The van der Waals surface area contributed by atoms with E-state index in [0.717, 1.165) is 16.9 Å². The van der Waals surface area contributed by atoms with E-state index in [-0.39, 0.29) is 5.56 Å². The fraction of sp³-hybridized carbons (Fsp3) is 0.278. The molecule has 0 bridgehead atoms. The van der Waals surface area contributed by atoms with Gasteiger partial charge in [-0.3, -0.25) is 9.36 Å². The molecule has 7 heteroatoms. The second-order valence-corrected chi connectivity index (χ2v) is 7.42. The van der Waals surface area contributed by atoms with Crippen molar-refractivity contribution in [2.45, 2.75) is 26.9 Å². The molecule has 0 saturated heterocycles. The van der Waals surface area contributed by atoms with Gasteiger partial charge in [0.15, 0.2) is 9.60 Å². The summed E-state index contributed by atoms with van der Waals surface area (Å²) in [6.07, 6.45) is 3.30. The molecule has 0 saturated carbocycles. The zero-order chi connectivity index (χ0) is 18.0. The molecule has 2 aromatic heterocycles. The number of nitrogens with zero attached hydrogens (tertiary/aromatic N) is 3. The van der Waals surface area contributed by atoms with E-state index in [0.29, 0.717) is 34.0 Å². The van der Waals surface area contributed by atoms with Crippen LogP contribution in [0.3, 0.4) is 0 Å². The van der Waals surface area contributed by atoms with Crippen LogP contribution in [0.2, 0.25) is 0 Å². The number of hydrogen-bond donors (Lipinski definition) is 0. The highest BCUT2D eigenvalue weighted by Gasteiger charge is 2.11. The first-order valence-electron chi connectivity index (χ1n) is 7.91. The molecular weight excluding hydrogens is 354 g/mol. The van der Waals surface area contributed by atoms with Crippen LogP contribution in [0, 0.1) is 17.8 Å². The normalized spacial score (nSPS) is 11.0. The smallest absolute Gasteiger partial charge is 0.273 e. The SMILES string of the molecule is C=CCn1c(=S)sc2c(=O)n(CCOc3cc(C)ccc3C)cnc21. The molecule has 0 spiro atoms. The molecule has 0 unspecified atom stereocenters. The van der Waals surface area contributed by atoms with Crippen molar-refractivity contribution in [1.29, 1.82) is 0 Å². The molecule has 3 rings (SSSR count). The fourth-order valence-corrected chi connectivity index (χ4v) is 3.85. The Labute approximate surface area is 154 Å². The van der Waals surface area contributed by atoms with Crippen molar-refractivity contribution >= 4 is 33.9 Å². The predicted molar refractivity (Wildman–Crippen MR) is 104 cm³/mol. The van der Waals surface area contributed by atoms with Crippen molar-refractivity contribution in [3.63, 3.8) is 0 Å². The van der Waals surface area contributed by atoms with E-state index in [4.69, 9.17) is 17.0 Å². The molecule has 25 heavy (non-hydrogen) atoms. The monoisotopic (exact) mass is 373 g/mol. The molecule has 0 aliphatic rings. The predicted octanol–water partition coefficient (Wildman–Crippen LogP) is 3.87. The van der Waals surface area contributed by atoms with Gasteiger partial charge in [-0.1, -0.05) is 29.5 Å². The number of fused-ring (bicyclic) bond motifs is 1. The Morgan fingerprint density at radius 1 is 1.40 bits per heavy atom. The quantitative estimate of drug-likeness (QED) is 0.486. The molecular formula is C18H19N3O2S2. The molecule has 5 nitrogen and oxygen atoms in total. The van der Waals surface area contributed by atoms with E-state index in [1.54, 1.807) is 17.0 Å². The Morgan fingerprint density at radius 2 is 2.20 bits per heavy atom. The first kappa shape index (κ1) is 17.6. The third-order valence-corrected chi connectivity index (χ3v) is 5.31.